The number of fused-ring (bicyclic) bond motifs is 3. The van der Waals surface area contributed by atoms with Gasteiger partial charge in [0.2, 0.25) is 0 Å². The molecule has 0 saturated heterocycles. The van der Waals surface area contributed by atoms with E-state index in [2.05, 4.69) is 26.0 Å². The van der Waals surface area contributed by atoms with E-state index in [0.29, 0.717) is 26.4 Å². The maximum atomic E-state index is 10.8. The van der Waals surface area contributed by atoms with Crippen LogP contribution in [0.15, 0.2) is 79.3 Å². The van der Waals surface area contributed by atoms with Crippen LogP contribution >= 0.6 is 34.8 Å². The summed E-state index contributed by atoms with van der Waals surface area (Å²) >= 11 is 19.5. The van der Waals surface area contributed by atoms with Gasteiger partial charge in [0.15, 0.2) is 5.65 Å². The van der Waals surface area contributed by atoms with Gasteiger partial charge in [-0.25, -0.2) is 4.98 Å². The first-order valence-corrected chi connectivity index (χ1v) is 12.3. The number of hydrogen-bond donors (Lipinski definition) is 2. The molecule has 0 saturated carbocycles. The summed E-state index contributed by atoms with van der Waals surface area (Å²) in [5.74, 6) is 0. The molecule has 0 fully saturated rings. The monoisotopic (exact) mass is 549 g/mol. The Morgan fingerprint density at radius 2 is 1.70 bits per heavy atom. The van der Waals surface area contributed by atoms with Crippen molar-refractivity contribution in [2.75, 3.05) is 0 Å². The fourth-order valence-corrected chi connectivity index (χ4v) is 5.51. The number of nitrogens with one attached hydrogen (secondary N) is 1. The van der Waals surface area contributed by atoms with Crippen LogP contribution in [0.2, 0.25) is 15.1 Å². The molecule has 0 amide bonds. The lowest BCUT2D eigenvalue weighted by atomic mass is 9.80. The van der Waals surface area contributed by atoms with E-state index in [-0.39, 0.29) is 0 Å². The van der Waals surface area contributed by atoms with Crippen LogP contribution in [-0.2, 0) is 12.6 Å². The van der Waals surface area contributed by atoms with Crippen molar-refractivity contribution in [3.8, 4) is 11.1 Å². The number of rotatable bonds is 5. The Balaban J connectivity index is 1.73. The third-order valence-corrected chi connectivity index (χ3v) is 7.42. The van der Waals surface area contributed by atoms with Gasteiger partial charge in [-0.15, -0.1) is 5.10 Å². The van der Waals surface area contributed by atoms with Gasteiger partial charge in [-0.2, -0.15) is 10.00 Å². The predicted molar refractivity (Wildman–Crippen MR) is 143 cm³/mol. The molecule has 0 aliphatic rings. The largest absolute Gasteiger partial charge is 0.335 e. The number of benzene rings is 3. The highest BCUT2D eigenvalue weighted by atomic mass is 35.5. The SMILES string of the molecule is Cn1cncc1C(NO)(c1ccc(Cl)cc1)c1ccc2c(c1)c(-c1cccc(Cl)c1)c(Cl)c1nnnn12. The van der Waals surface area contributed by atoms with E-state index in [1.54, 1.807) is 35.2 Å². The Labute approximate surface area is 226 Å². The average molecular weight is 551 g/mol. The molecular weight excluding hydrogens is 533 g/mol. The number of nitrogens with zero attached hydrogens (tertiary/aromatic N) is 6. The van der Waals surface area contributed by atoms with E-state index in [9.17, 15) is 5.21 Å². The highest BCUT2D eigenvalue weighted by Gasteiger charge is 2.39. The first-order chi connectivity index (χ1) is 17.9. The van der Waals surface area contributed by atoms with Crippen LogP contribution in [0.5, 0.6) is 0 Å². The molecule has 3 heterocycles. The molecule has 2 N–H and O–H groups in total. The zero-order valence-electron chi connectivity index (χ0n) is 19.3. The number of tetrazole rings is 1. The smallest absolute Gasteiger partial charge is 0.199 e. The highest BCUT2D eigenvalue weighted by Crippen LogP contribution is 2.42. The zero-order chi connectivity index (χ0) is 25.7. The van der Waals surface area contributed by atoms with Crippen LogP contribution in [0.1, 0.15) is 16.8 Å². The van der Waals surface area contributed by atoms with Crippen molar-refractivity contribution < 1.29 is 5.21 Å². The lowest BCUT2D eigenvalue weighted by Crippen LogP contribution is -2.44. The molecule has 1 atom stereocenters. The van der Waals surface area contributed by atoms with Crippen LogP contribution in [-0.4, -0.2) is 34.8 Å². The molecule has 37 heavy (non-hydrogen) atoms. The molecule has 1 unspecified atom stereocenters. The van der Waals surface area contributed by atoms with Gasteiger partial charge in [0, 0.05) is 28.0 Å². The second-order valence-electron chi connectivity index (χ2n) is 8.60. The number of aryl methyl sites for hydroxylation is 1. The molecule has 6 aromatic rings. The molecule has 0 spiro atoms. The summed E-state index contributed by atoms with van der Waals surface area (Å²) in [5.41, 5.74) is 6.25. The van der Waals surface area contributed by atoms with Gasteiger partial charge >= 0.3 is 0 Å². The summed E-state index contributed by atoms with van der Waals surface area (Å²) in [4.78, 5) is 4.31. The quantitative estimate of drug-likeness (QED) is 0.259. The highest BCUT2D eigenvalue weighted by molar-refractivity contribution is 6.38. The van der Waals surface area contributed by atoms with E-state index in [1.165, 1.54) is 0 Å². The van der Waals surface area contributed by atoms with E-state index in [0.717, 1.165) is 33.2 Å². The molecule has 3 aromatic carbocycles. The molecule has 0 radical (unpaired) electrons. The minimum atomic E-state index is -1.20. The van der Waals surface area contributed by atoms with Crippen molar-refractivity contribution in [1.82, 2.24) is 35.1 Å². The zero-order valence-corrected chi connectivity index (χ0v) is 21.5. The number of halogens is 3. The average Bonchev–Trinajstić information content (AvgIpc) is 3.56. The van der Waals surface area contributed by atoms with E-state index in [4.69, 9.17) is 34.8 Å². The first-order valence-electron chi connectivity index (χ1n) is 11.2. The minimum absolute atomic E-state index is 0.381. The van der Waals surface area contributed by atoms with Crippen molar-refractivity contribution in [2.24, 2.45) is 7.05 Å². The summed E-state index contributed by atoms with van der Waals surface area (Å²) < 4.78 is 3.44. The molecule has 3 aromatic heterocycles. The van der Waals surface area contributed by atoms with Crippen LogP contribution in [0, 0.1) is 0 Å². The minimum Gasteiger partial charge on any atom is -0.335 e. The van der Waals surface area contributed by atoms with Gasteiger partial charge in [0.1, 0.15) is 5.54 Å². The molecule has 0 aliphatic heterocycles. The summed E-state index contributed by atoms with van der Waals surface area (Å²) in [7, 11) is 1.87. The number of hydroxylamine groups is 1. The van der Waals surface area contributed by atoms with Gasteiger partial charge in [-0.3, -0.25) is 0 Å². The standard InChI is InChI=1S/C26H18Cl3N7O/c1-35-14-30-13-22(35)26(32-37,16-5-8-18(27)9-6-16)17-7-10-21-20(12-17)23(15-3-2-4-19(28)11-15)24(29)25-31-33-34-36(21)25/h2-14,32,37H,1H3. The van der Waals surface area contributed by atoms with Gasteiger partial charge in [0.05, 0.1) is 28.8 Å². The summed E-state index contributed by atoms with van der Waals surface area (Å²) in [6.45, 7) is 0. The third-order valence-electron chi connectivity index (χ3n) is 6.57. The fourth-order valence-electron chi connectivity index (χ4n) is 4.86. The van der Waals surface area contributed by atoms with Gasteiger partial charge in [0.25, 0.3) is 0 Å². The Morgan fingerprint density at radius 3 is 2.41 bits per heavy atom. The number of hydrogen-bond acceptors (Lipinski definition) is 6. The Kier molecular flexibility index (Phi) is 5.86. The molecule has 6 rings (SSSR count). The maximum Gasteiger partial charge on any atom is 0.199 e. The Hall–Kier alpha value is -3.53. The molecule has 0 bridgehead atoms. The Morgan fingerprint density at radius 1 is 0.919 bits per heavy atom. The van der Waals surface area contributed by atoms with E-state index >= 15 is 0 Å². The van der Waals surface area contributed by atoms with Crippen molar-refractivity contribution >= 4 is 51.4 Å². The van der Waals surface area contributed by atoms with Gasteiger partial charge in [-0.1, -0.05) is 65.1 Å². The first kappa shape index (κ1) is 23.8. The van der Waals surface area contributed by atoms with Crippen LogP contribution in [0.25, 0.3) is 27.7 Å². The van der Waals surface area contributed by atoms with Crippen LogP contribution in [0.4, 0.5) is 0 Å². The fraction of sp³-hybridized carbons (Fsp3) is 0.0769. The number of imidazole rings is 1. The van der Waals surface area contributed by atoms with Crippen molar-refractivity contribution in [3.05, 3.63) is 111 Å². The summed E-state index contributed by atoms with van der Waals surface area (Å²) in [6, 6.07) is 20.5. The molecule has 11 heteroatoms. The summed E-state index contributed by atoms with van der Waals surface area (Å²) in [5, 5.41) is 25.2. The van der Waals surface area contributed by atoms with E-state index in [1.807, 2.05) is 60.1 Å². The maximum absolute atomic E-state index is 10.8. The lowest BCUT2D eigenvalue weighted by molar-refractivity contribution is 0.0995. The lowest BCUT2D eigenvalue weighted by Gasteiger charge is -2.34. The second-order valence-corrected chi connectivity index (χ2v) is 9.85. The Bertz CT molecular complexity index is 1780. The molecule has 8 nitrogen and oxygen atoms in total. The molecular formula is C26H18Cl3N7O. The van der Waals surface area contributed by atoms with Crippen molar-refractivity contribution in [1.29, 1.82) is 0 Å². The summed E-state index contributed by atoms with van der Waals surface area (Å²) in [6.07, 6.45) is 3.38. The van der Waals surface area contributed by atoms with E-state index < -0.39 is 5.54 Å². The normalized spacial score (nSPS) is 13.3. The van der Waals surface area contributed by atoms with Crippen LogP contribution in [0.3, 0.4) is 0 Å². The topological polar surface area (TPSA) is 93.2 Å². The molecule has 0 aliphatic carbocycles. The number of pyridine rings is 1. The van der Waals surface area contributed by atoms with Crippen LogP contribution < -0.4 is 5.48 Å². The number of aromatic nitrogens is 6. The van der Waals surface area contributed by atoms with Gasteiger partial charge in [-0.05, 0) is 63.5 Å². The molecule has 184 valence electrons. The van der Waals surface area contributed by atoms with Crippen molar-refractivity contribution in [3.63, 3.8) is 0 Å². The third kappa shape index (κ3) is 3.68. The van der Waals surface area contributed by atoms with Gasteiger partial charge < -0.3 is 9.77 Å². The van der Waals surface area contributed by atoms with Crippen molar-refractivity contribution in [2.45, 2.75) is 5.54 Å². The predicted octanol–water partition coefficient (Wildman–Crippen LogP) is 5.91. The second kappa shape index (κ2) is 9.09.